The van der Waals surface area contributed by atoms with E-state index >= 15 is 0 Å². The third-order valence-corrected chi connectivity index (χ3v) is 6.23. The van der Waals surface area contributed by atoms with Crippen molar-refractivity contribution in [3.63, 3.8) is 0 Å². The van der Waals surface area contributed by atoms with Crippen molar-refractivity contribution in [2.45, 2.75) is 13.5 Å². The van der Waals surface area contributed by atoms with Crippen molar-refractivity contribution in [1.82, 2.24) is 9.78 Å². The summed E-state index contributed by atoms with van der Waals surface area (Å²) in [5, 5.41) is 17.5. The minimum absolute atomic E-state index is 0.0458. The van der Waals surface area contributed by atoms with E-state index in [2.05, 4.69) is 5.32 Å². The maximum Gasteiger partial charge on any atom is 0.266 e. The van der Waals surface area contributed by atoms with Gasteiger partial charge in [0.05, 0.1) is 18.0 Å². The molecule has 0 aliphatic carbocycles. The molecule has 4 aromatic carbocycles. The topological polar surface area (TPSA) is 89.2 Å². The number of carbonyl (C=O) groups is 1. The second kappa shape index (κ2) is 13.0. The zero-order chi connectivity index (χ0) is 28.4. The summed E-state index contributed by atoms with van der Waals surface area (Å²) in [4.78, 5) is 13.0. The lowest BCUT2D eigenvalue weighted by molar-refractivity contribution is -0.112. The van der Waals surface area contributed by atoms with Crippen molar-refractivity contribution in [2.75, 3.05) is 11.9 Å². The summed E-state index contributed by atoms with van der Waals surface area (Å²) >= 11 is 0. The van der Waals surface area contributed by atoms with E-state index in [1.54, 1.807) is 35.0 Å². The Bertz CT molecular complexity index is 1670. The van der Waals surface area contributed by atoms with Gasteiger partial charge in [-0.25, -0.2) is 4.68 Å². The molecule has 1 N–H and O–H groups in total. The molecule has 7 nitrogen and oxygen atoms in total. The maximum absolute atomic E-state index is 13.0. The van der Waals surface area contributed by atoms with Gasteiger partial charge in [0.1, 0.15) is 29.7 Å². The first-order chi connectivity index (χ1) is 20.1. The number of amides is 1. The van der Waals surface area contributed by atoms with Crippen LogP contribution in [0.2, 0.25) is 0 Å². The second-order valence-electron chi connectivity index (χ2n) is 9.09. The Kier molecular flexibility index (Phi) is 8.53. The molecular weight excluding hydrogens is 512 g/mol. The van der Waals surface area contributed by atoms with Crippen LogP contribution in [-0.2, 0) is 11.4 Å². The molecule has 1 heterocycles. The zero-order valence-corrected chi connectivity index (χ0v) is 22.5. The number of hydrogen-bond acceptors (Lipinski definition) is 5. The summed E-state index contributed by atoms with van der Waals surface area (Å²) in [5.41, 5.74) is 4.53. The van der Waals surface area contributed by atoms with E-state index in [9.17, 15) is 10.1 Å². The predicted molar refractivity (Wildman–Crippen MR) is 160 cm³/mol. The third-order valence-electron chi connectivity index (χ3n) is 6.23. The van der Waals surface area contributed by atoms with E-state index in [1.807, 2.05) is 104 Å². The van der Waals surface area contributed by atoms with E-state index in [0.29, 0.717) is 35.9 Å². The van der Waals surface area contributed by atoms with Crippen LogP contribution in [0.3, 0.4) is 0 Å². The Morgan fingerprint density at radius 1 is 0.878 bits per heavy atom. The predicted octanol–water partition coefficient (Wildman–Crippen LogP) is 7.06. The first-order valence-corrected chi connectivity index (χ1v) is 13.2. The van der Waals surface area contributed by atoms with E-state index in [4.69, 9.17) is 14.6 Å². The van der Waals surface area contributed by atoms with Gasteiger partial charge in [-0.3, -0.25) is 4.79 Å². The molecule has 5 aromatic rings. The summed E-state index contributed by atoms with van der Waals surface area (Å²) in [7, 11) is 0. The minimum Gasteiger partial charge on any atom is -0.494 e. The molecule has 0 spiro atoms. The number of nitrogens with zero attached hydrogens (tertiary/aromatic N) is 3. The fraction of sp³-hybridized carbons (Fsp3) is 0.0882. The van der Waals surface area contributed by atoms with E-state index in [-0.39, 0.29) is 5.57 Å². The molecule has 7 heteroatoms. The molecule has 1 aromatic heterocycles. The number of aromatic nitrogens is 2. The van der Waals surface area contributed by atoms with Gasteiger partial charge in [0.15, 0.2) is 0 Å². The standard InChI is InChI=1S/C34H28N4O3/c1-2-40-31-19-15-29(16-20-31)36-34(39)27(22-35)21-28-23-38(30-11-7-4-8-12-30)37-33(28)26-13-17-32(18-14-26)41-24-25-9-5-3-6-10-25/h3-21,23H,2,24H2,1H3,(H,36,39). The Morgan fingerprint density at radius 3 is 2.17 bits per heavy atom. The van der Waals surface area contributed by atoms with E-state index in [1.165, 1.54) is 0 Å². The number of anilines is 1. The fourth-order valence-electron chi connectivity index (χ4n) is 4.18. The summed E-state index contributed by atoms with van der Waals surface area (Å²) in [6.45, 7) is 2.92. The molecule has 0 saturated heterocycles. The number of ether oxygens (including phenoxy) is 2. The van der Waals surface area contributed by atoms with Crippen LogP contribution in [0.25, 0.3) is 23.0 Å². The molecular formula is C34H28N4O3. The van der Waals surface area contributed by atoms with E-state index < -0.39 is 5.91 Å². The normalized spacial score (nSPS) is 11.0. The van der Waals surface area contributed by atoms with Gasteiger partial charge in [-0.2, -0.15) is 10.4 Å². The lowest BCUT2D eigenvalue weighted by atomic mass is 10.1. The molecule has 0 aliphatic rings. The highest BCUT2D eigenvalue weighted by atomic mass is 16.5. The molecule has 202 valence electrons. The SMILES string of the molecule is CCOc1ccc(NC(=O)C(C#N)=Cc2cn(-c3ccccc3)nc2-c2ccc(OCc3ccccc3)cc2)cc1. The first kappa shape index (κ1) is 27.0. The van der Waals surface area contributed by atoms with Crippen molar-refractivity contribution < 1.29 is 14.3 Å². The number of nitriles is 1. The van der Waals surface area contributed by atoms with Crippen molar-refractivity contribution in [1.29, 1.82) is 5.26 Å². The van der Waals surface area contributed by atoms with Gasteiger partial charge in [-0.15, -0.1) is 0 Å². The van der Waals surface area contributed by atoms with E-state index in [0.717, 1.165) is 22.6 Å². The van der Waals surface area contributed by atoms with Crippen LogP contribution in [0, 0.1) is 11.3 Å². The molecule has 0 fully saturated rings. The second-order valence-corrected chi connectivity index (χ2v) is 9.09. The van der Waals surface area contributed by atoms with Gasteiger partial charge in [0.2, 0.25) is 0 Å². The molecule has 0 unspecified atom stereocenters. The highest BCUT2D eigenvalue weighted by Gasteiger charge is 2.16. The number of nitrogens with one attached hydrogen (secondary N) is 1. The molecule has 1 amide bonds. The Labute approximate surface area is 238 Å². The lowest BCUT2D eigenvalue weighted by Crippen LogP contribution is -2.13. The first-order valence-electron chi connectivity index (χ1n) is 13.2. The van der Waals surface area contributed by atoms with Crippen molar-refractivity contribution in [3.8, 4) is 34.5 Å². The average molecular weight is 541 g/mol. The van der Waals surface area contributed by atoms with Gasteiger partial charge in [-0.1, -0.05) is 48.5 Å². The van der Waals surface area contributed by atoms with Crippen LogP contribution >= 0.6 is 0 Å². The molecule has 41 heavy (non-hydrogen) atoms. The molecule has 0 radical (unpaired) electrons. The number of carbonyl (C=O) groups excluding carboxylic acids is 1. The lowest BCUT2D eigenvalue weighted by Gasteiger charge is -2.08. The zero-order valence-electron chi connectivity index (χ0n) is 22.5. The third kappa shape index (κ3) is 6.88. The molecule has 0 aliphatic heterocycles. The monoisotopic (exact) mass is 540 g/mol. The van der Waals surface area contributed by atoms with Crippen LogP contribution in [0.5, 0.6) is 11.5 Å². The highest BCUT2D eigenvalue weighted by molar-refractivity contribution is 6.10. The summed E-state index contributed by atoms with van der Waals surface area (Å²) in [5.74, 6) is 0.917. The molecule has 0 atom stereocenters. The Hall–Kier alpha value is -5.61. The van der Waals surface area contributed by atoms with Crippen molar-refractivity contribution in [2.24, 2.45) is 0 Å². The van der Waals surface area contributed by atoms with Crippen LogP contribution in [0.4, 0.5) is 5.69 Å². The number of hydrogen-bond donors (Lipinski definition) is 1. The van der Waals surface area contributed by atoms with Crippen LogP contribution < -0.4 is 14.8 Å². The smallest absolute Gasteiger partial charge is 0.266 e. The van der Waals surface area contributed by atoms with Crippen LogP contribution in [-0.4, -0.2) is 22.3 Å². The number of para-hydroxylation sites is 1. The summed E-state index contributed by atoms with van der Waals surface area (Å²) in [6, 6.07) is 36.3. The van der Waals surface area contributed by atoms with Crippen LogP contribution in [0.1, 0.15) is 18.1 Å². The maximum atomic E-state index is 13.0. The molecule has 5 rings (SSSR count). The summed E-state index contributed by atoms with van der Waals surface area (Å²) in [6.07, 6.45) is 3.37. The number of rotatable bonds is 10. The van der Waals surface area contributed by atoms with Crippen molar-refractivity contribution in [3.05, 3.63) is 132 Å². The van der Waals surface area contributed by atoms with Gasteiger partial charge in [0.25, 0.3) is 5.91 Å². The number of benzene rings is 4. The summed E-state index contributed by atoms with van der Waals surface area (Å²) < 4.78 is 13.1. The quantitative estimate of drug-likeness (QED) is 0.151. The Morgan fingerprint density at radius 2 is 1.51 bits per heavy atom. The van der Waals surface area contributed by atoms with Gasteiger partial charge in [0, 0.05) is 23.0 Å². The van der Waals surface area contributed by atoms with Crippen molar-refractivity contribution >= 4 is 17.7 Å². The Balaban J connectivity index is 1.42. The highest BCUT2D eigenvalue weighted by Crippen LogP contribution is 2.28. The van der Waals surface area contributed by atoms with Gasteiger partial charge >= 0.3 is 0 Å². The largest absolute Gasteiger partial charge is 0.494 e. The minimum atomic E-state index is -0.514. The van der Waals surface area contributed by atoms with Gasteiger partial charge in [-0.05, 0) is 79.2 Å². The molecule has 0 saturated carbocycles. The van der Waals surface area contributed by atoms with Crippen LogP contribution in [0.15, 0.2) is 121 Å². The fourth-order valence-corrected chi connectivity index (χ4v) is 4.18. The molecule has 0 bridgehead atoms. The van der Waals surface area contributed by atoms with Gasteiger partial charge < -0.3 is 14.8 Å². The average Bonchev–Trinajstić information content (AvgIpc) is 3.45.